The fraction of sp³-hybridized carbons (Fsp3) is 0.688. The molecule has 1 aliphatic rings. The van der Waals surface area contributed by atoms with Crippen LogP contribution < -0.4 is 4.90 Å². The third-order valence-corrected chi connectivity index (χ3v) is 7.26. The van der Waals surface area contributed by atoms with Crippen LogP contribution in [0.5, 0.6) is 0 Å². The first-order chi connectivity index (χ1) is 12.2. The Morgan fingerprint density at radius 2 is 2.12 bits per heavy atom. The fourth-order valence-corrected chi connectivity index (χ4v) is 5.57. The molecule has 2 atom stereocenters. The molecule has 8 nitrogen and oxygen atoms in total. The first kappa shape index (κ1) is 19.2. The van der Waals surface area contributed by atoms with Crippen molar-refractivity contribution in [1.29, 1.82) is 0 Å². The maximum atomic E-state index is 11.8. The smallest absolute Gasteiger partial charge is 0.202 e. The summed E-state index contributed by atoms with van der Waals surface area (Å²) < 4.78 is 30.0. The van der Waals surface area contributed by atoms with Crippen LogP contribution >= 0.6 is 12.2 Å². The molecule has 3 heterocycles. The summed E-state index contributed by atoms with van der Waals surface area (Å²) in [6.07, 6.45) is 2.42. The summed E-state index contributed by atoms with van der Waals surface area (Å²) in [5.41, 5.74) is 3.20. The maximum absolute atomic E-state index is 11.8. The van der Waals surface area contributed by atoms with E-state index in [1.54, 1.807) is 6.33 Å². The van der Waals surface area contributed by atoms with Gasteiger partial charge in [0.15, 0.2) is 16.5 Å². The molecular formula is C16H27N6O2S2+. The van der Waals surface area contributed by atoms with E-state index < -0.39 is 9.84 Å². The molecule has 1 N–H and O–H groups in total. The van der Waals surface area contributed by atoms with Gasteiger partial charge in [-0.05, 0) is 39.4 Å². The van der Waals surface area contributed by atoms with Gasteiger partial charge in [0.05, 0.1) is 35.9 Å². The standard InChI is InChI=1S/C16H26N6O2S2/c1-5-20-10-17-21(16(20)25)11-19(4)8-15-12(2)18-22(13(15)3)14-6-7-26(23,24)9-14/h10,14H,5-9,11H2,1-4H3/p+1/t14-/m0/s1. The lowest BCUT2D eigenvalue weighted by Gasteiger charge is -2.15. The van der Waals surface area contributed by atoms with Crippen LogP contribution in [0.3, 0.4) is 0 Å². The predicted octanol–water partition coefficient (Wildman–Crippen LogP) is 0.279. The lowest BCUT2D eigenvalue weighted by Crippen LogP contribution is -3.07. The average Bonchev–Trinajstić information content (AvgIpc) is 3.19. The number of rotatable bonds is 6. The zero-order chi connectivity index (χ0) is 19.1. The Bertz CT molecular complexity index is 956. The molecule has 0 saturated carbocycles. The Morgan fingerprint density at radius 1 is 1.38 bits per heavy atom. The molecule has 0 amide bonds. The number of nitrogens with one attached hydrogen (secondary N) is 1. The number of hydrogen-bond donors (Lipinski definition) is 1. The van der Waals surface area contributed by atoms with E-state index in [1.807, 2.05) is 34.7 Å². The Labute approximate surface area is 159 Å². The highest BCUT2D eigenvalue weighted by Gasteiger charge is 2.31. The highest BCUT2D eigenvalue weighted by Crippen LogP contribution is 2.26. The minimum Gasteiger partial charge on any atom is -0.315 e. The fourth-order valence-electron chi connectivity index (χ4n) is 3.59. The van der Waals surface area contributed by atoms with Crippen LogP contribution in [0.2, 0.25) is 0 Å². The van der Waals surface area contributed by atoms with Crippen molar-refractivity contribution in [2.45, 2.75) is 53.0 Å². The molecule has 0 aromatic carbocycles. The molecule has 1 unspecified atom stereocenters. The monoisotopic (exact) mass is 399 g/mol. The second-order valence-corrected chi connectivity index (χ2v) is 9.74. The van der Waals surface area contributed by atoms with Gasteiger partial charge in [-0.1, -0.05) is 0 Å². The summed E-state index contributed by atoms with van der Waals surface area (Å²) in [4.78, 5) is 1.24. The van der Waals surface area contributed by atoms with Crippen LogP contribution in [0.25, 0.3) is 0 Å². The van der Waals surface area contributed by atoms with Gasteiger partial charge in [-0.15, -0.1) is 0 Å². The lowest BCUT2D eigenvalue weighted by molar-refractivity contribution is -0.917. The third kappa shape index (κ3) is 3.77. The van der Waals surface area contributed by atoms with Gasteiger partial charge in [-0.25, -0.2) is 8.42 Å². The molecule has 0 aliphatic carbocycles. The summed E-state index contributed by atoms with van der Waals surface area (Å²) in [7, 11) is -0.824. The highest BCUT2D eigenvalue weighted by molar-refractivity contribution is 7.91. The first-order valence-corrected chi connectivity index (χ1v) is 11.1. The zero-order valence-electron chi connectivity index (χ0n) is 15.8. The van der Waals surface area contributed by atoms with Crippen LogP contribution in [-0.4, -0.2) is 51.1 Å². The molecule has 10 heteroatoms. The van der Waals surface area contributed by atoms with Crippen molar-refractivity contribution in [2.24, 2.45) is 0 Å². The van der Waals surface area contributed by atoms with Gasteiger partial charge in [-0.3, -0.25) is 4.68 Å². The van der Waals surface area contributed by atoms with E-state index in [4.69, 9.17) is 12.2 Å². The average molecular weight is 400 g/mol. The van der Waals surface area contributed by atoms with E-state index in [1.165, 1.54) is 10.5 Å². The largest absolute Gasteiger partial charge is 0.315 e. The van der Waals surface area contributed by atoms with E-state index in [0.29, 0.717) is 13.1 Å². The minimum atomic E-state index is -2.92. The summed E-state index contributed by atoms with van der Waals surface area (Å²) in [5.74, 6) is 0.454. The van der Waals surface area contributed by atoms with Gasteiger partial charge >= 0.3 is 0 Å². The number of quaternary nitrogens is 1. The molecule has 144 valence electrons. The van der Waals surface area contributed by atoms with Crippen LogP contribution in [0.4, 0.5) is 0 Å². The summed E-state index contributed by atoms with van der Waals surface area (Å²) >= 11 is 5.43. The molecule has 3 rings (SSSR count). The second-order valence-electron chi connectivity index (χ2n) is 7.14. The highest BCUT2D eigenvalue weighted by atomic mass is 32.2. The Balaban J connectivity index is 1.75. The van der Waals surface area contributed by atoms with Crippen molar-refractivity contribution >= 4 is 22.1 Å². The number of hydrogen-bond acceptors (Lipinski definition) is 5. The van der Waals surface area contributed by atoms with Gasteiger partial charge in [0.2, 0.25) is 4.77 Å². The number of aryl methyl sites for hydroxylation is 2. The second kappa shape index (κ2) is 7.24. The summed E-state index contributed by atoms with van der Waals surface area (Å²) in [5, 5.41) is 9.01. The normalized spacial score (nSPS) is 20.5. The summed E-state index contributed by atoms with van der Waals surface area (Å²) in [6.45, 7) is 8.35. The summed E-state index contributed by atoms with van der Waals surface area (Å²) in [6, 6.07) is -0.0402. The molecule has 0 bridgehead atoms. The number of aromatic nitrogens is 5. The molecule has 26 heavy (non-hydrogen) atoms. The molecular weight excluding hydrogens is 372 g/mol. The van der Waals surface area contributed by atoms with Crippen LogP contribution in [0.1, 0.15) is 36.3 Å². The zero-order valence-corrected chi connectivity index (χ0v) is 17.4. The van der Waals surface area contributed by atoms with Gasteiger partial charge in [0.1, 0.15) is 12.9 Å². The topological polar surface area (TPSA) is 79.2 Å². The third-order valence-electron chi connectivity index (χ3n) is 5.06. The van der Waals surface area contributed by atoms with Crippen molar-refractivity contribution < 1.29 is 13.3 Å². The van der Waals surface area contributed by atoms with Crippen molar-refractivity contribution in [2.75, 3.05) is 18.6 Å². The SMILES string of the molecule is CCn1cnn(C[NH+](C)Cc2c(C)nn([C@H]3CCS(=O)(=O)C3)c2C)c1=S. The van der Waals surface area contributed by atoms with Gasteiger partial charge in [0, 0.05) is 12.2 Å². The Kier molecular flexibility index (Phi) is 5.36. The van der Waals surface area contributed by atoms with Crippen molar-refractivity contribution in [3.05, 3.63) is 28.0 Å². The van der Waals surface area contributed by atoms with Gasteiger partial charge in [-0.2, -0.15) is 14.9 Å². The maximum Gasteiger partial charge on any atom is 0.202 e. The number of nitrogens with zero attached hydrogens (tertiary/aromatic N) is 5. The first-order valence-electron chi connectivity index (χ1n) is 8.90. The Morgan fingerprint density at radius 3 is 2.69 bits per heavy atom. The lowest BCUT2D eigenvalue weighted by atomic mass is 10.2. The van der Waals surface area contributed by atoms with E-state index >= 15 is 0 Å². The molecule has 0 spiro atoms. The Hall–Kier alpha value is -1.52. The molecule has 1 fully saturated rings. The molecule has 0 radical (unpaired) electrons. The van der Waals surface area contributed by atoms with E-state index in [9.17, 15) is 8.42 Å². The van der Waals surface area contributed by atoms with E-state index in [0.717, 1.165) is 29.2 Å². The van der Waals surface area contributed by atoms with Crippen LogP contribution in [0.15, 0.2) is 6.33 Å². The predicted molar refractivity (Wildman–Crippen MR) is 101 cm³/mol. The number of sulfone groups is 1. The van der Waals surface area contributed by atoms with Crippen LogP contribution in [0, 0.1) is 18.6 Å². The van der Waals surface area contributed by atoms with Gasteiger partial charge < -0.3 is 9.47 Å². The van der Waals surface area contributed by atoms with Crippen molar-refractivity contribution in [3.63, 3.8) is 0 Å². The van der Waals surface area contributed by atoms with E-state index in [2.05, 4.69) is 17.2 Å². The molecule has 1 saturated heterocycles. The quantitative estimate of drug-likeness (QED) is 0.706. The van der Waals surface area contributed by atoms with Crippen molar-refractivity contribution in [3.8, 4) is 0 Å². The van der Waals surface area contributed by atoms with Crippen LogP contribution in [-0.2, 0) is 29.6 Å². The minimum absolute atomic E-state index is 0.0402. The molecule has 2 aromatic rings. The molecule has 1 aliphatic heterocycles. The van der Waals surface area contributed by atoms with E-state index in [-0.39, 0.29) is 17.5 Å². The molecule has 2 aromatic heterocycles. The van der Waals surface area contributed by atoms with Crippen molar-refractivity contribution in [1.82, 2.24) is 24.1 Å². The van der Waals surface area contributed by atoms with Gasteiger partial charge in [0.25, 0.3) is 0 Å².